The van der Waals surface area contributed by atoms with Gasteiger partial charge in [-0.15, -0.1) is 0 Å². The van der Waals surface area contributed by atoms with Crippen molar-refractivity contribution in [3.05, 3.63) is 0 Å². The molecule has 16 heavy (non-hydrogen) atoms. The van der Waals surface area contributed by atoms with E-state index in [2.05, 4.69) is 10.2 Å². The number of likely N-dealkylation sites (N-methyl/N-ethyl adjacent to an activating group) is 1. The zero-order chi connectivity index (χ0) is 11.5. The molecular formula is C12H23N3O. The topological polar surface area (TPSA) is 35.6 Å². The van der Waals surface area contributed by atoms with Gasteiger partial charge in [0.15, 0.2) is 0 Å². The second-order valence-electron chi connectivity index (χ2n) is 5.12. The fraction of sp³-hybridized carbons (Fsp3) is 0.917. The Hall–Kier alpha value is -0.610. The van der Waals surface area contributed by atoms with Crippen LogP contribution in [-0.4, -0.2) is 61.5 Å². The van der Waals surface area contributed by atoms with Crippen molar-refractivity contribution in [2.75, 3.05) is 39.8 Å². The number of carbonyl (C=O) groups excluding carboxylic acids is 1. The van der Waals surface area contributed by atoms with Crippen LogP contribution >= 0.6 is 0 Å². The number of nitrogens with zero attached hydrogens (tertiary/aromatic N) is 2. The first-order valence-electron chi connectivity index (χ1n) is 6.38. The van der Waals surface area contributed by atoms with Crippen LogP contribution in [0.3, 0.4) is 0 Å². The van der Waals surface area contributed by atoms with Crippen molar-refractivity contribution in [2.24, 2.45) is 5.92 Å². The maximum Gasteiger partial charge on any atom is 0.239 e. The fourth-order valence-corrected chi connectivity index (χ4v) is 2.32. The Labute approximate surface area is 98.0 Å². The van der Waals surface area contributed by atoms with Crippen molar-refractivity contribution in [2.45, 2.75) is 25.8 Å². The van der Waals surface area contributed by atoms with Gasteiger partial charge < -0.3 is 10.2 Å². The van der Waals surface area contributed by atoms with E-state index < -0.39 is 0 Å². The lowest BCUT2D eigenvalue weighted by Crippen LogP contribution is -2.53. The lowest BCUT2D eigenvalue weighted by Gasteiger charge is -2.34. The molecule has 92 valence electrons. The van der Waals surface area contributed by atoms with Crippen molar-refractivity contribution >= 4 is 5.91 Å². The molecule has 4 heteroatoms. The Morgan fingerprint density at radius 1 is 1.44 bits per heavy atom. The lowest BCUT2D eigenvalue weighted by molar-refractivity contribution is -0.135. The molecule has 1 aliphatic carbocycles. The van der Waals surface area contributed by atoms with Gasteiger partial charge in [0.2, 0.25) is 5.91 Å². The van der Waals surface area contributed by atoms with E-state index in [0.29, 0.717) is 0 Å². The summed E-state index contributed by atoms with van der Waals surface area (Å²) < 4.78 is 0. The molecule has 2 aliphatic rings. The quantitative estimate of drug-likeness (QED) is 0.740. The normalized spacial score (nSPS) is 24.1. The Morgan fingerprint density at radius 2 is 2.06 bits per heavy atom. The van der Waals surface area contributed by atoms with Crippen LogP contribution in [0.2, 0.25) is 0 Å². The van der Waals surface area contributed by atoms with Gasteiger partial charge in [0.1, 0.15) is 0 Å². The first-order valence-corrected chi connectivity index (χ1v) is 6.38. The predicted octanol–water partition coefficient (Wildman–Crippen LogP) is 0.149. The number of nitrogens with one attached hydrogen (secondary N) is 1. The first kappa shape index (κ1) is 11.9. The molecule has 1 saturated heterocycles. The van der Waals surface area contributed by atoms with Crippen molar-refractivity contribution in [3.8, 4) is 0 Å². The van der Waals surface area contributed by atoms with Gasteiger partial charge in [-0.3, -0.25) is 9.69 Å². The Balaban J connectivity index is 1.81. The number of carbonyl (C=O) groups is 1. The van der Waals surface area contributed by atoms with E-state index in [9.17, 15) is 4.79 Å². The molecule has 1 aliphatic heterocycles. The second kappa shape index (κ2) is 5.15. The fourth-order valence-electron chi connectivity index (χ4n) is 2.32. The highest BCUT2D eigenvalue weighted by molar-refractivity contribution is 5.81. The Morgan fingerprint density at radius 3 is 2.62 bits per heavy atom. The van der Waals surface area contributed by atoms with Crippen LogP contribution < -0.4 is 5.32 Å². The van der Waals surface area contributed by atoms with Crippen LogP contribution in [-0.2, 0) is 4.79 Å². The SMILES string of the molecule is CC(C(=O)N(C)CC1CC1)N1CCNCC1. The third-order valence-electron chi connectivity index (χ3n) is 3.66. The summed E-state index contributed by atoms with van der Waals surface area (Å²) in [7, 11) is 1.94. The lowest BCUT2D eigenvalue weighted by atomic mass is 10.2. The maximum absolute atomic E-state index is 12.2. The molecule has 1 N–H and O–H groups in total. The van der Waals surface area contributed by atoms with Crippen LogP contribution in [0.25, 0.3) is 0 Å². The largest absolute Gasteiger partial charge is 0.344 e. The molecule has 1 atom stereocenters. The number of hydrogen-bond acceptors (Lipinski definition) is 3. The van der Waals surface area contributed by atoms with Crippen LogP contribution in [0.1, 0.15) is 19.8 Å². The van der Waals surface area contributed by atoms with Gasteiger partial charge in [-0.2, -0.15) is 0 Å². The summed E-state index contributed by atoms with van der Waals surface area (Å²) >= 11 is 0. The molecule has 0 radical (unpaired) electrons. The summed E-state index contributed by atoms with van der Waals surface area (Å²) in [6, 6.07) is 0.0471. The van der Waals surface area contributed by atoms with Gasteiger partial charge in [0, 0.05) is 39.8 Å². The second-order valence-corrected chi connectivity index (χ2v) is 5.12. The van der Waals surface area contributed by atoms with Crippen LogP contribution in [0.15, 0.2) is 0 Å². The molecule has 0 spiro atoms. The molecular weight excluding hydrogens is 202 g/mol. The van der Waals surface area contributed by atoms with E-state index in [1.165, 1.54) is 12.8 Å². The van der Waals surface area contributed by atoms with Crippen LogP contribution in [0.4, 0.5) is 0 Å². The zero-order valence-electron chi connectivity index (χ0n) is 10.4. The minimum absolute atomic E-state index is 0.0471. The highest BCUT2D eigenvalue weighted by atomic mass is 16.2. The van der Waals surface area contributed by atoms with Crippen LogP contribution in [0.5, 0.6) is 0 Å². The number of amides is 1. The smallest absolute Gasteiger partial charge is 0.239 e. The average molecular weight is 225 g/mol. The third-order valence-corrected chi connectivity index (χ3v) is 3.66. The molecule has 0 bridgehead atoms. The van der Waals surface area contributed by atoms with E-state index in [1.807, 2.05) is 18.9 Å². The number of hydrogen-bond donors (Lipinski definition) is 1. The monoisotopic (exact) mass is 225 g/mol. The molecule has 1 unspecified atom stereocenters. The molecule has 2 fully saturated rings. The molecule has 4 nitrogen and oxygen atoms in total. The van der Waals surface area contributed by atoms with Crippen molar-refractivity contribution in [1.29, 1.82) is 0 Å². The molecule has 1 saturated carbocycles. The Bertz CT molecular complexity index is 247. The summed E-state index contributed by atoms with van der Waals surface area (Å²) in [5, 5.41) is 3.31. The summed E-state index contributed by atoms with van der Waals surface area (Å²) in [4.78, 5) is 16.4. The molecule has 0 aromatic rings. The van der Waals surface area contributed by atoms with Gasteiger partial charge in [-0.25, -0.2) is 0 Å². The van der Waals surface area contributed by atoms with Gasteiger partial charge in [0.05, 0.1) is 6.04 Å². The minimum Gasteiger partial charge on any atom is -0.344 e. The average Bonchev–Trinajstić information content (AvgIpc) is 3.12. The standard InChI is InChI=1S/C12H23N3O/c1-10(15-7-5-13-6-8-15)12(16)14(2)9-11-3-4-11/h10-11,13H,3-9H2,1-2H3. The van der Waals surface area contributed by atoms with E-state index in [1.54, 1.807) is 0 Å². The van der Waals surface area contributed by atoms with Crippen molar-refractivity contribution in [1.82, 2.24) is 15.1 Å². The van der Waals surface area contributed by atoms with Crippen LogP contribution in [0, 0.1) is 5.92 Å². The summed E-state index contributed by atoms with van der Waals surface area (Å²) in [6.07, 6.45) is 2.61. The minimum atomic E-state index is 0.0471. The summed E-state index contributed by atoms with van der Waals surface area (Å²) in [5.74, 6) is 1.07. The number of rotatable bonds is 4. The maximum atomic E-state index is 12.2. The number of piperazine rings is 1. The van der Waals surface area contributed by atoms with E-state index in [0.717, 1.165) is 38.6 Å². The Kier molecular flexibility index (Phi) is 3.82. The highest BCUT2D eigenvalue weighted by Crippen LogP contribution is 2.29. The summed E-state index contributed by atoms with van der Waals surface area (Å²) in [5.41, 5.74) is 0. The molecule has 2 rings (SSSR count). The summed E-state index contributed by atoms with van der Waals surface area (Å²) in [6.45, 7) is 6.98. The highest BCUT2D eigenvalue weighted by Gasteiger charge is 2.29. The van der Waals surface area contributed by atoms with Crippen molar-refractivity contribution in [3.63, 3.8) is 0 Å². The molecule has 0 aromatic heterocycles. The molecule has 1 amide bonds. The first-order chi connectivity index (χ1) is 7.68. The van der Waals surface area contributed by atoms with Gasteiger partial charge in [0.25, 0.3) is 0 Å². The van der Waals surface area contributed by atoms with Gasteiger partial charge >= 0.3 is 0 Å². The van der Waals surface area contributed by atoms with E-state index in [-0.39, 0.29) is 11.9 Å². The molecule has 0 aromatic carbocycles. The van der Waals surface area contributed by atoms with Gasteiger partial charge in [-0.05, 0) is 25.7 Å². The van der Waals surface area contributed by atoms with E-state index >= 15 is 0 Å². The van der Waals surface area contributed by atoms with E-state index in [4.69, 9.17) is 0 Å². The van der Waals surface area contributed by atoms with Gasteiger partial charge in [-0.1, -0.05) is 0 Å². The third kappa shape index (κ3) is 2.95. The zero-order valence-corrected chi connectivity index (χ0v) is 10.4. The predicted molar refractivity (Wildman–Crippen MR) is 64.3 cm³/mol. The molecule has 1 heterocycles. The van der Waals surface area contributed by atoms with Crippen molar-refractivity contribution < 1.29 is 4.79 Å².